The molecule has 0 radical (unpaired) electrons. The predicted octanol–water partition coefficient (Wildman–Crippen LogP) is 0.682. The third-order valence-corrected chi connectivity index (χ3v) is 4.80. The Bertz CT molecular complexity index is 835. The summed E-state index contributed by atoms with van der Waals surface area (Å²) in [5.41, 5.74) is 0.242. The van der Waals surface area contributed by atoms with Crippen LogP contribution in [0.3, 0.4) is 0 Å². The fourth-order valence-electron chi connectivity index (χ4n) is 3.26. The number of carbonyl (C=O) groups excluding carboxylic acids is 1. The van der Waals surface area contributed by atoms with Gasteiger partial charge in [0.15, 0.2) is 5.69 Å². The van der Waals surface area contributed by atoms with Gasteiger partial charge in [-0.05, 0) is 33.4 Å². The maximum Gasteiger partial charge on any atom is 0.345 e. The van der Waals surface area contributed by atoms with Gasteiger partial charge >= 0.3 is 5.69 Å². The number of nitrogens with one attached hydrogen (secondary N) is 1. The van der Waals surface area contributed by atoms with Crippen molar-refractivity contribution < 1.29 is 9.32 Å². The van der Waals surface area contributed by atoms with Gasteiger partial charge in [-0.25, -0.2) is 9.48 Å². The van der Waals surface area contributed by atoms with Crippen LogP contribution in [0.5, 0.6) is 0 Å². The molecule has 1 aliphatic heterocycles. The first-order chi connectivity index (χ1) is 13.0. The van der Waals surface area contributed by atoms with Gasteiger partial charge in [0.2, 0.25) is 0 Å². The third kappa shape index (κ3) is 4.65. The van der Waals surface area contributed by atoms with Gasteiger partial charge in [0.25, 0.3) is 5.91 Å². The third-order valence-electron chi connectivity index (χ3n) is 4.80. The highest BCUT2D eigenvalue weighted by molar-refractivity contribution is 5.92. The van der Waals surface area contributed by atoms with Crippen LogP contribution in [0.15, 0.2) is 15.4 Å². The Labute approximate surface area is 158 Å². The SMILES string of the molecule is CCCc1cc(C(=O)NC2CCc3nn(CCN(C)C)c(=O)n3CC2)no1. The van der Waals surface area contributed by atoms with Crippen molar-refractivity contribution in [3.05, 3.63) is 33.8 Å². The highest BCUT2D eigenvalue weighted by Gasteiger charge is 2.23. The van der Waals surface area contributed by atoms with E-state index in [9.17, 15) is 9.59 Å². The van der Waals surface area contributed by atoms with Crippen LogP contribution in [0.4, 0.5) is 0 Å². The van der Waals surface area contributed by atoms with Crippen LogP contribution in [0.2, 0.25) is 0 Å². The number of aryl methyl sites for hydroxylation is 2. The summed E-state index contributed by atoms with van der Waals surface area (Å²) >= 11 is 0. The molecule has 1 N–H and O–H groups in total. The molecule has 3 rings (SSSR count). The first-order valence-electron chi connectivity index (χ1n) is 9.55. The number of carbonyl (C=O) groups is 1. The Morgan fingerprint density at radius 1 is 1.41 bits per heavy atom. The minimum Gasteiger partial charge on any atom is -0.361 e. The molecule has 2 aromatic rings. The van der Waals surface area contributed by atoms with Crippen molar-refractivity contribution in [1.29, 1.82) is 0 Å². The Hall–Kier alpha value is -2.42. The largest absolute Gasteiger partial charge is 0.361 e. The lowest BCUT2D eigenvalue weighted by Gasteiger charge is -2.14. The van der Waals surface area contributed by atoms with Gasteiger partial charge in [-0.2, -0.15) is 5.10 Å². The summed E-state index contributed by atoms with van der Waals surface area (Å²) in [7, 11) is 3.94. The molecular formula is C18H28N6O3. The standard InChI is InChI=1S/C18H28N6O3/c1-4-5-14-12-15(21-27-14)17(25)19-13-6-7-16-20-24(11-10-22(2)3)18(26)23(16)9-8-13/h12-13H,4-11H2,1-3H3,(H,19,25). The zero-order valence-corrected chi connectivity index (χ0v) is 16.3. The summed E-state index contributed by atoms with van der Waals surface area (Å²) in [4.78, 5) is 27.0. The molecule has 1 unspecified atom stereocenters. The van der Waals surface area contributed by atoms with Crippen LogP contribution in [-0.2, 0) is 25.9 Å². The molecule has 3 heterocycles. The molecule has 1 atom stereocenters. The predicted molar refractivity (Wildman–Crippen MR) is 99.7 cm³/mol. The van der Waals surface area contributed by atoms with E-state index >= 15 is 0 Å². The topological polar surface area (TPSA) is 98.2 Å². The Morgan fingerprint density at radius 2 is 2.22 bits per heavy atom. The Morgan fingerprint density at radius 3 is 2.96 bits per heavy atom. The molecule has 1 amide bonds. The Balaban J connectivity index is 1.59. The normalized spacial score (nSPS) is 17.0. The summed E-state index contributed by atoms with van der Waals surface area (Å²) in [6, 6.07) is 1.68. The molecule has 0 aliphatic carbocycles. The van der Waals surface area contributed by atoms with Gasteiger partial charge in [0, 0.05) is 38.0 Å². The second-order valence-electron chi connectivity index (χ2n) is 7.30. The molecule has 0 saturated carbocycles. The fraction of sp³-hybridized carbons (Fsp3) is 0.667. The number of aromatic nitrogens is 4. The van der Waals surface area contributed by atoms with Crippen molar-refractivity contribution in [3.8, 4) is 0 Å². The monoisotopic (exact) mass is 376 g/mol. The van der Waals surface area contributed by atoms with E-state index in [0.717, 1.165) is 37.4 Å². The van der Waals surface area contributed by atoms with E-state index in [-0.39, 0.29) is 17.6 Å². The molecule has 27 heavy (non-hydrogen) atoms. The van der Waals surface area contributed by atoms with E-state index in [0.29, 0.717) is 31.6 Å². The number of likely N-dealkylation sites (N-methyl/N-ethyl adjacent to an activating group) is 1. The lowest BCUT2D eigenvalue weighted by molar-refractivity contribution is 0.0923. The summed E-state index contributed by atoms with van der Waals surface area (Å²) < 4.78 is 8.45. The van der Waals surface area contributed by atoms with Crippen molar-refractivity contribution in [2.75, 3.05) is 20.6 Å². The molecule has 0 saturated heterocycles. The molecular weight excluding hydrogens is 348 g/mol. The van der Waals surface area contributed by atoms with Crippen molar-refractivity contribution >= 4 is 5.91 Å². The van der Waals surface area contributed by atoms with E-state index < -0.39 is 0 Å². The molecule has 0 spiro atoms. The molecule has 148 valence electrons. The van der Waals surface area contributed by atoms with Crippen LogP contribution in [0.1, 0.15) is 48.3 Å². The van der Waals surface area contributed by atoms with Crippen LogP contribution in [-0.4, -0.2) is 57.0 Å². The first-order valence-corrected chi connectivity index (χ1v) is 9.55. The molecule has 0 bridgehead atoms. The molecule has 9 heteroatoms. The lowest BCUT2D eigenvalue weighted by atomic mass is 10.1. The van der Waals surface area contributed by atoms with Crippen molar-refractivity contribution in [2.24, 2.45) is 0 Å². The van der Waals surface area contributed by atoms with E-state index in [1.54, 1.807) is 15.3 Å². The van der Waals surface area contributed by atoms with E-state index in [1.165, 1.54) is 0 Å². The summed E-state index contributed by atoms with van der Waals surface area (Å²) in [6.45, 7) is 3.96. The number of nitrogens with zero attached hydrogens (tertiary/aromatic N) is 5. The van der Waals surface area contributed by atoms with E-state index in [2.05, 4.69) is 15.6 Å². The zero-order valence-electron chi connectivity index (χ0n) is 16.3. The summed E-state index contributed by atoms with van der Waals surface area (Å²) in [5, 5.41) is 11.3. The average molecular weight is 376 g/mol. The minimum atomic E-state index is -0.228. The van der Waals surface area contributed by atoms with Gasteiger partial charge in [-0.1, -0.05) is 12.1 Å². The van der Waals surface area contributed by atoms with Gasteiger partial charge in [-0.3, -0.25) is 9.36 Å². The second-order valence-corrected chi connectivity index (χ2v) is 7.30. The smallest absolute Gasteiger partial charge is 0.345 e. The van der Waals surface area contributed by atoms with E-state index in [4.69, 9.17) is 4.52 Å². The number of hydrogen-bond donors (Lipinski definition) is 1. The van der Waals surface area contributed by atoms with Gasteiger partial charge in [0.05, 0.1) is 6.54 Å². The maximum absolute atomic E-state index is 12.5. The van der Waals surface area contributed by atoms with Gasteiger partial charge < -0.3 is 14.7 Å². The van der Waals surface area contributed by atoms with Crippen LogP contribution in [0, 0.1) is 0 Å². The number of fused-ring (bicyclic) bond motifs is 1. The van der Waals surface area contributed by atoms with Gasteiger partial charge in [-0.15, -0.1) is 0 Å². The van der Waals surface area contributed by atoms with Gasteiger partial charge in [0.1, 0.15) is 11.6 Å². The van der Waals surface area contributed by atoms with Crippen LogP contribution in [0.25, 0.3) is 0 Å². The second kappa shape index (κ2) is 8.51. The molecule has 0 fully saturated rings. The van der Waals surface area contributed by atoms with Crippen LogP contribution >= 0.6 is 0 Å². The molecule has 9 nitrogen and oxygen atoms in total. The summed E-state index contributed by atoms with van der Waals surface area (Å²) in [6.07, 6.45) is 3.81. The van der Waals surface area contributed by atoms with E-state index in [1.807, 2.05) is 25.9 Å². The first kappa shape index (κ1) is 19.3. The van der Waals surface area contributed by atoms with Crippen molar-refractivity contribution in [2.45, 2.75) is 58.2 Å². The summed E-state index contributed by atoms with van der Waals surface area (Å²) in [5.74, 6) is 1.29. The lowest BCUT2D eigenvalue weighted by Crippen LogP contribution is -2.36. The molecule has 0 aromatic carbocycles. The average Bonchev–Trinajstić information content (AvgIpc) is 3.15. The van der Waals surface area contributed by atoms with Crippen LogP contribution < -0.4 is 11.0 Å². The number of hydrogen-bond acceptors (Lipinski definition) is 6. The Kier molecular flexibility index (Phi) is 6.10. The highest BCUT2D eigenvalue weighted by Crippen LogP contribution is 2.13. The fourth-order valence-corrected chi connectivity index (χ4v) is 3.26. The number of rotatable bonds is 7. The maximum atomic E-state index is 12.5. The number of amides is 1. The molecule has 2 aromatic heterocycles. The molecule has 1 aliphatic rings. The van der Waals surface area contributed by atoms with Crippen molar-refractivity contribution in [3.63, 3.8) is 0 Å². The highest BCUT2D eigenvalue weighted by atomic mass is 16.5. The zero-order chi connectivity index (χ0) is 19.4. The van der Waals surface area contributed by atoms with Crippen molar-refractivity contribution in [1.82, 2.24) is 29.7 Å². The quantitative estimate of drug-likeness (QED) is 0.763. The minimum absolute atomic E-state index is 0.0137.